The highest BCUT2D eigenvalue weighted by Crippen LogP contribution is 2.21. The van der Waals surface area contributed by atoms with E-state index in [4.69, 9.17) is 11.6 Å². The Morgan fingerprint density at radius 2 is 2.00 bits per heavy atom. The van der Waals surface area contributed by atoms with Gasteiger partial charge in [-0.25, -0.2) is 14.2 Å². The first-order chi connectivity index (χ1) is 12.8. The van der Waals surface area contributed by atoms with Crippen molar-refractivity contribution in [1.29, 1.82) is 0 Å². The van der Waals surface area contributed by atoms with Crippen molar-refractivity contribution >= 4 is 34.2 Å². The quantitative estimate of drug-likeness (QED) is 0.738. The highest BCUT2D eigenvalue weighted by molar-refractivity contribution is 6.31. The van der Waals surface area contributed by atoms with E-state index in [1.807, 2.05) is 0 Å². The van der Waals surface area contributed by atoms with E-state index in [-0.39, 0.29) is 11.2 Å². The molecule has 140 valence electrons. The maximum atomic E-state index is 13.8. The Kier molecular flexibility index (Phi) is 5.14. The third-order valence-electron chi connectivity index (χ3n) is 4.46. The number of nitrogens with zero attached hydrogens (tertiary/aromatic N) is 3. The summed E-state index contributed by atoms with van der Waals surface area (Å²) in [5.74, 6) is -0.124. The standard InChI is InChI=1S/C19H18ClFN4O2/c1-11(24(2)19(27)23-16-7-5-4-6-14(16)21)17-22-15-9-8-12(20)10-13(15)18(26)25(17)3/h4-11H,1-3H3,(H,23,27). The van der Waals surface area contributed by atoms with Gasteiger partial charge in [-0.1, -0.05) is 23.7 Å². The van der Waals surface area contributed by atoms with Gasteiger partial charge in [-0.05, 0) is 37.3 Å². The maximum Gasteiger partial charge on any atom is 0.322 e. The van der Waals surface area contributed by atoms with Gasteiger partial charge in [0.05, 0.1) is 22.6 Å². The molecule has 1 atom stereocenters. The Morgan fingerprint density at radius 1 is 1.30 bits per heavy atom. The second-order valence-corrected chi connectivity index (χ2v) is 6.63. The lowest BCUT2D eigenvalue weighted by Gasteiger charge is -2.26. The molecule has 3 rings (SSSR count). The molecule has 1 heterocycles. The van der Waals surface area contributed by atoms with Crippen LogP contribution in [0, 0.1) is 5.82 Å². The predicted molar refractivity (Wildman–Crippen MR) is 104 cm³/mol. The molecule has 1 unspecified atom stereocenters. The fourth-order valence-corrected chi connectivity index (χ4v) is 2.92. The third-order valence-corrected chi connectivity index (χ3v) is 4.70. The first-order valence-electron chi connectivity index (χ1n) is 8.24. The van der Waals surface area contributed by atoms with E-state index < -0.39 is 17.9 Å². The molecular formula is C19H18ClFN4O2. The van der Waals surface area contributed by atoms with Crippen molar-refractivity contribution in [2.24, 2.45) is 7.05 Å². The van der Waals surface area contributed by atoms with E-state index in [0.717, 1.165) is 0 Å². The summed E-state index contributed by atoms with van der Waals surface area (Å²) in [6, 6.07) is 9.73. The van der Waals surface area contributed by atoms with Crippen LogP contribution < -0.4 is 10.9 Å². The maximum absolute atomic E-state index is 13.8. The molecule has 0 saturated carbocycles. The molecule has 2 amide bonds. The average molecular weight is 389 g/mol. The Morgan fingerprint density at radius 3 is 2.70 bits per heavy atom. The van der Waals surface area contributed by atoms with Crippen LogP contribution in [0.4, 0.5) is 14.9 Å². The average Bonchev–Trinajstić information content (AvgIpc) is 2.65. The molecule has 0 fully saturated rings. The fourth-order valence-electron chi connectivity index (χ4n) is 2.75. The fraction of sp³-hybridized carbons (Fsp3) is 0.211. The highest BCUT2D eigenvalue weighted by Gasteiger charge is 2.23. The molecule has 3 aromatic rings. The van der Waals surface area contributed by atoms with Gasteiger partial charge in [0.15, 0.2) is 0 Å². The molecule has 1 N–H and O–H groups in total. The third kappa shape index (κ3) is 3.64. The van der Waals surface area contributed by atoms with Gasteiger partial charge in [0.2, 0.25) is 0 Å². The molecule has 6 nitrogen and oxygen atoms in total. The van der Waals surface area contributed by atoms with Crippen LogP contribution in [0.25, 0.3) is 10.9 Å². The number of halogens is 2. The molecule has 2 aromatic carbocycles. The minimum Gasteiger partial charge on any atom is -0.318 e. The van der Waals surface area contributed by atoms with Crippen molar-refractivity contribution in [1.82, 2.24) is 14.5 Å². The van der Waals surface area contributed by atoms with E-state index in [1.165, 1.54) is 21.6 Å². The molecular weight excluding hydrogens is 371 g/mol. The molecule has 8 heteroatoms. The minimum atomic E-state index is -0.533. The van der Waals surface area contributed by atoms with Crippen molar-refractivity contribution in [2.75, 3.05) is 12.4 Å². The lowest BCUT2D eigenvalue weighted by atomic mass is 10.2. The minimum absolute atomic E-state index is 0.0801. The van der Waals surface area contributed by atoms with Gasteiger partial charge in [-0.15, -0.1) is 0 Å². The number of carbonyl (C=O) groups excluding carboxylic acids is 1. The summed E-state index contributed by atoms with van der Waals surface area (Å²) in [6.07, 6.45) is 0. The molecule has 1 aromatic heterocycles. The smallest absolute Gasteiger partial charge is 0.318 e. The molecule has 27 heavy (non-hydrogen) atoms. The van der Waals surface area contributed by atoms with Crippen LogP contribution in [0.3, 0.4) is 0 Å². The van der Waals surface area contributed by atoms with Gasteiger partial charge < -0.3 is 10.2 Å². The number of rotatable bonds is 3. The summed E-state index contributed by atoms with van der Waals surface area (Å²) >= 11 is 5.96. The zero-order valence-corrected chi connectivity index (χ0v) is 15.8. The molecule has 0 bridgehead atoms. The SMILES string of the molecule is CC(c1nc2ccc(Cl)cc2c(=O)n1C)N(C)C(=O)Nc1ccccc1F. The van der Waals surface area contributed by atoms with Crippen molar-refractivity contribution in [3.05, 3.63) is 69.5 Å². The van der Waals surface area contributed by atoms with Crippen molar-refractivity contribution in [3.63, 3.8) is 0 Å². The molecule has 0 radical (unpaired) electrons. The summed E-state index contributed by atoms with van der Waals surface area (Å²) in [4.78, 5) is 31.0. The normalized spacial score (nSPS) is 12.0. The topological polar surface area (TPSA) is 67.2 Å². The number of para-hydroxylation sites is 1. The van der Waals surface area contributed by atoms with Gasteiger partial charge in [0.1, 0.15) is 11.6 Å². The van der Waals surface area contributed by atoms with Crippen LogP contribution in [0.1, 0.15) is 18.8 Å². The van der Waals surface area contributed by atoms with E-state index in [1.54, 1.807) is 51.4 Å². The van der Waals surface area contributed by atoms with Crippen LogP contribution >= 0.6 is 11.6 Å². The van der Waals surface area contributed by atoms with Crippen LogP contribution in [0.5, 0.6) is 0 Å². The summed E-state index contributed by atoms with van der Waals surface area (Å²) in [5.41, 5.74) is 0.316. The number of aromatic nitrogens is 2. The highest BCUT2D eigenvalue weighted by atomic mass is 35.5. The number of benzene rings is 2. The van der Waals surface area contributed by atoms with E-state index in [9.17, 15) is 14.0 Å². The van der Waals surface area contributed by atoms with E-state index in [0.29, 0.717) is 21.7 Å². The van der Waals surface area contributed by atoms with E-state index in [2.05, 4.69) is 10.3 Å². The Hall–Kier alpha value is -2.93. The van der Waals surface area contributed by atoms with Crippen LogP contribution in [0.2, 0.25) is 5.02 Å². The first-order valence-corrected chi connectivity index (χ1v) is 8.62. The number of hydrogen-bond donors (Lipinski definition) is 1. The second kappa shape index (κ2) is 7.36. The van der Waals surface area contributed by atoms with Gasteiger partial charge in [0.25, 0.3) is 5.56 Å². The Labute approximate surface area is 160 Å². The number of hydrogen-bond acceptors (Lipinski definition) is 3. The molecule has 0 spiro atoms. The molecule has 0 saturated heterocycles. The number of carbonyl (C=O) groups is 1. The second-order valence-electron chi connectivity index (χ2n) is 6.19. The zero-order chi connectivity index (χ0) is 19.7. The largest absolute Gasteiger partial charge is 0.322 e. The monoisotopic (exact) mass is 388 g/mol. The van der Waals surface area contributed by atoms with Crippen LogP contribution in [0.15, 0.2) is 47.3 Å². The van der Waals surface area contributed by atoms with Crippen LogP contribution in [-0.2, 0) is 7.05 Å². The molecule has 0 aliphatic rings. The predicted octanol–water partition coefficient (Wildman–Crippen LogP) is 3.95. The van der Waals surface area contributed by atoms with Gasteiger partial charge in [0, 0.05) is 19.1 Å². The van der Waals surface area contributed by atoms with Gasteiger partial charge in [-0.3, -0.25) is 9.36 Å². The number of nitrogens with one attached hydrogen (secondary N) is 1. The first kappa shape index (κ1) is 18.8. The lowest BCUT2D eigenvalue weighted by molar-refractivity contribution is 0.205. The summed E-state index contributed by atoms with van der Waals surface area (Å²) in [7, 11) is 3.14. The number of urea groups is 1. The Balaban J connectivity index is 1.93. The molecule has 0 aliphatic heterocycles. The van der Waals surface area contributed by atoms with Gasteiger partial charge in [-0.2, -0.15) is 0 Å². The van der Waals surface area contributed by atoms with Crippen LogP contribution in [-0.4, -0.2) is 27.5 Å². The number of anilines is 1. The van der Waals surface area contributed by atoms with Crippen molar-refractivity contribution < 1.29 is 9.18 Å². The zero-order valence-electron chi connectivity index (χ0n) is 15.0. The summed E-state index contributed by atoms with van der Waals surface area (Å²) in [6.45, 7) is 1.74. The lowest BCUT2D eigenvalue weighted by Crippen LogP contribution is -2.37. The van der Waals surface area contributed by atoms with Gasteiger partial charge >= 0.3 is 6.03 Å². The molecule has 0 aliphatic carbocycles. The summed E-state index contributed by atoms with van der Waals surface area (Å²) < 4.78 is 15.1. The van der Waals surface area contributed by atoms with Crippen molar-refractivity contribution in [2.45, 2.75) is 13.0 Å². The number of amides is 2. The van der Waals surface area contributed by atoms with Crippen molar-refractivity contribution in [3.8, 4) is 0 Å². The van der Waals surface area contributed by atoms with E-state index >= 15 is 0 Å². The summed E-state index contributed by atoms with van der Waals surface area (Å²) in [5, 5.41) is 3.37. The Bertz CT molecular complexity index is 1080. The number of fused-ring (bicyclic) bond motifs is 1.